The maximum Gasteiger partial charge on any atom is 0.573 e. The van der Waals surface area contributed by atoms with E-state index in [4.69, 9.17) is 21.1 Å². The van der Waals surface area contributed by atoms with Crippen LogP contribution in [0.5, 0.6) is 23.3 Å². The minimum absolute atomic E-state index is 0.126. The van der Waals surface area contributed by atoms with Crippen molar-refractivity contribution in [2.24, 2.45) is 0 Å². The first-order valence-electron chi connectivity index (χ1n) is 8.97. The number of hydrogen-bond acceptors (Lipinski definition) is 6. The number of carbonyl (C=O) groups is 1. The van der Waals surface area contributed by atoms with Gasteiger partial charge in [0.1, 0.15) is 17.1 Å². The Hall–Kier alpha value is -3.74. The summed E-state index contributed by atoms with van der Waals surface area (Å²) in [5.74, 6) is -2.33. The van der Waals surface area contributed by atoms with Crippen molar-refractivity contribution in [1.29, 1.82) is 0 Å². The second kappa shape index (κ2) is 9.63. The summed E-state index contributed by atoms with van der Waals surface area (Å²) in [6.07, 6.45) is -8.16. The SMILES string of the molecule is COc1ccc(NC(=O)c2cc(C(F)(F)F)cnc2Oc2ccc(OC(F)(F)F)cc2Cl)cn1. The van der Waals surface area contributed by atoms with Gasteiger partial charge in [0, 0.05) is 18.3 Å². The zero-order valence-corrected chi connectivity index (χ0v) is 17.5. The first-order valence-corrected chi connectivity index (χ1v) is 9.35. The second-order valence-electron chi connectivity index (χ2n) is 6.36. The number of ether oxygens (including phenoxy) is 3. The standard InChI is InChI=1S/C20H12ClF6N3O4/c1-32-16-5-2-11(9-28-16)30-17(31)13-6-10(19(22,23)24)8-29-18(13)33-15-4-3-12(7-14(15)21)34-20(25,26)27/h2-9H,1H3,(H,30,31). The molecule has 7 nitrogen and oxygen atoms in total. The molecule has 180 valence electrons. The molecule has 0 saturated heterocycles. The van der Waals surface area contributed by atoms with Gasteiger partial charge < -0.3 is 19.5 Å². The van der Waals surface area contributed by atoms with Crippen LogP contribution < -0.4 is 19.5 Å². The lowest BCUT2D eigenvalue weighted by molar-refractivity contribution is -0.274. The van der Waals surface area contributed by atoms with Gasteiger partial charge in [0.2, 0.25) is 11.8 Å². The number of hydrogen-bond donors (Lipinski definition) is 1. The Kier molecular flexibility index (Phi) is 7.05. The molecule has 0 aliphatic rings. The number of methoxy groups -OCH3 is 1. The fourth-order valence-corrected chi connectivity index (χ4v) is 2.70. The number of anilines is 1. The molecule has 1 aromatic carbocycles. The predicted molar refractivity (Wildman–Crippen MR) is 106 cm³/mol. The van der Waals surface area contributed by atoms with Crippen LogP contribution in [0.3, 0.4) is 0 Å². The molecule has 34 heavy (non-hydrogen) atoms. The van der Waals surface area contributed by atoms with E-state index < -0.39 is 41.2 Å². The number of nitrogens with one attached hydrogen (secondary N) is 1. The summed E-state index contributed by atoms with van der Waals surface area (Å²) in [6.45, 7) is 0. The zero-order valence-electron chi connectivity index (χ0n) is 16.8. The molecule has 3 aromatic rings. The van der Waals surface area contributed by atoms with Crippen LogP contribution in [0.25, 0.3) is 0 Å². The summed E-state index contributed by atoms with van der Waals surface area (Å²) < 4.78 is 90.6. The highest BCUT2D eigenvalue weighted by Gasteiger charge is 2.33. The van der Waals surface area contributed by atoms with Crippen molar-refractivity contribution < 1.29 is 45.3 Å². The summed E-state index contributed by atoms with van der Waals surface area (Å²) in [4.78, 5) is 20.1. The lowest BCUT2D eigenvalue weighted by Gasteiger charge is -2.15. The van der Waals surface area contributed by atoms with Crippen LogP contribution in [0.2, 0.25) is 5.02 Å². The smallest absolute Gasteiger partial charge is 0.481 e. The minimum atomic E-state index is -4.97. The summed E-state index contributed by atoms with van der Waals surface area (Å²) in [7, 11) is 1.37. The highest BCUT2D eigenvalue weighted by Crippen LogP contribution is 2.37. The Labute approximate surface area is 192 Å². The van der Waals surface area contributed by atoms with Crippen molar-refractivity contribution in [3.8, 4) is 23.3 Å². The van der Waals surface area contributed by atoms with E-state index in [0.29, 0.717) is 12.3 Å². The molecule has 2 aromatic heterocycles. The third-order valence-corrected chi connectivity index (χ3v) is 4.27. The molecule has 0 fully saturated rings. The lowest BCUT2D eigenvalue weighted by atomic mass is 10.1. The van der Waals surface area contributed by atoms with E-state index >= 15 is 0 Å². The van der Waals surface area contributed by atoms with E-state index in [0.717, 1.165) is 18.2 Å². The van der Waals surface area contributed by atoms with Crippen molar-refractivity contribution in [1.82, 2.24) is 9.97 Å². The maximum atomic E-state index is 13.2. The molecule has 0 radical (unpaired) electrons. The highest BCUT2D eigenvalue weighted by atomic mass is 35.5. The summed E-state index contributed by atoms with van der Waals surface area (Å²) in [5, 5.41) is 1.96. The topological polar surface area (TPSA) is 82.6 Å². The largest absolute Gasteiger partial charge is 0.573 e. The van der Waals surface area contributed by atoms with Gasteiger partial charge in [-0.25, -0.2) is 9.97 Å². The van der Waals surface area contributed by atoms with Crippen molar-refractivity contribution in [3.63, 3.8) is 0 Å². The zero-order chi connectivity index (χ0) is 25.1. The van der Waals surface area contributed by atoms with Gasteiger partial charge >= 0.3 is 12.5 Å². The average molecular weight is 508 g/mol. The third-order valence-electron chi connectivity index (χ3n) is 3.97. The van der Waals surface area contributed by atoms with Crippen LogP contribution in [-0.4, -0.2) is 29.3 Å². The van der Waals surface area contributed by atoms with Gasteiger partial charge in [0.05, 0.1) is 29.6 Å². The minimum Gasteiger partial charge on any atom is -0.481 e. The van der Waals surface area contributed by atoms with Crippen molar-refractivity contribution in [2.75, 3.05) is 12.4 Å². The van der Waals surface area contributed by atoms with Gasteiger partial charge in [-0.15, -0.1) is 13.2 Å². The molecule has 0 aliphatic carbocycles. The van der Waals surface area contributed by atoms with E-state index in [9.17, 15) is 31.1 Å². The number of benzene rings is 1. The Bertz CT molecular complexity index is 1190. The Morgan fingerprint density at radius 2 is 1.74 bits per heavy atom. The van der Waals surface area contributed by atoms with Crippen LogP contribution in [0, 0.1) is 0 Å². The summed E-state index contributed by atoms with van der Waals surface area (Å²) in [5.41, 5.74) is -1.74. The lowest BCUT2D eigenvalue weighted by Crippen LogP contribution is -2.17. The third kappa shape index (κ3) is 6.41. The van der Waals surface area contributed by atoms with Crippen LogP contribution >= 0.6 is 11.6 Å². The number of pyridine rings is 2. The monoisotopic (exact) mass is 507 g/mol. The van der Waals surface area contributed by atoms with E-state index in [2.05, 4.69) is 20.0 Å². The van der Waals surface area contributed by atoms with E-state index in [1.54, 1.807) is 0 Å². The van der Waals surface area contributed by atoms with Crippen molar-refractivity contribution in [2.45, 2.75) is 12.5 Å². The molecule has 0 spiro atoms. The Morgan fingerprint density at radius 1 is 1.00 bits per heavy atom. The van der Waals surface area contributed by atoms with Crippen LogP contribution in [0.15, 0.2) is 48.8 Å². The van der Waals surface area contributed by atoms with E-state index in [1.807, 2.05) is 0 Å². The first kappa shape index (κ1) is 24.9. The molecule has 0 aliphatic heterocycles. The highest BCUT2D eigenvalue weighted by molar-refractivity contribution is 6.32. The molecule has 0 bridgehead atoms. The van der Waals surface area contributed by atoms with Crippen LogP contribution in [0.4, 0.5) is 32.0 Å². The molecule has 1 N–H and O–H groups in total. The van der Waals surface area contributed by atoms with Crippen LogP contribution in [-0.2, 0) is 6.18 Å². The van der Waals surface area contributed by atoms with Gasteiger partial charge in [0.15, 0.2) is 0 Å². The molecule has 0 unspecified atom stereocenters. The van der Waals surface area contributed by atoms with E-state index in [1.165, 1.54) is 25.4 Å². The average Bonchev–Trinajstić information content (AvgIpc) is 2.74. The second-order valence-corrected chi connectivity index (χ2v) is 6.77. The number of halogens is 7. The fourth-order valence-electron chi connectivity index (χ4n) is 2.49. The quantitative estimate of drug-likeness (QED) is 0.406. The number of rotatable bonds is 6. The summed E-state index contributed by atoms with van der Waals surface area (Å²) >= 11 is 5.90. The molecule has 1 amide bonds. The first-order chi connectivity index (χ1) is 15.9. The van der Waals surface area contributed by atoms with Gasteiger partial charge in [-0.2, -0.15) is 13.2 Å². The van der Waals surface area contributed by atoms with E-state index in [-0.39, 0.29) is 22.3 Å². The summed E-state index contributed by atoms with van der Waals surface area (Å²) in [6, 6.07) is 5.91. The predicted octanol–water partition coefficient (Wildman–Crippen LogP) is 6.10. The van der Waals surface area contributed by atoms with Gasteiger partial charge in [0.25, 0.3) is 5.91 Å². The fraction of sp³-hybridized carbons (Fsp3) is 0.150. The number of amides is 1. The Morgan fingerprint density at radius 3 is 2.29 bits per heavy atom. The molecule has 14 heteroatoms. The molecule has 2 heterocycles. The molecule has 0 atom stereocenters. The number of nitrogens with zero attached hydrogens (tertiary/aromatic N) is 2. The van der Waals surface area contributed by atoms with Crippen LogP contribution in [0.1, 0.15) is 15.9 Å². The van der Waals surface area contributed by atoms with Gasteiger partial charge in [-0.1, -0.05) is 11.6 Å². The molecule has 0 saturated carbocycles. The Balaban J connectivity index is 1.93. The number of carbonyl (C=O) groups excluding carboxylic acids is 1. The van der Waals surface area contributed by atoms with Gasteiger partial charge in [-0.3, -0.25) is 4.79 Å². The number of alkyl halides is 6. The molecular weight excluding hydrogens is 496 g/mol. The normalized spacial score (nSPS) is 11.6. The van der Waals surface area contributed by atoms with Crippen molar-refractivity contribution in [3.05, 3.63) is 64.9 Å². The molecule has 3 rings (SSSR count). The molecular formula is C20H12ClF6N3O4. The van der Waals surface area contributed by atoms with Crippen molar-refractivity contribution >= 4 is 23.2 Å². The number of aromatic nitrogens is 2. The maximum absolute atomic E-state index is 13.2. The van der Waals surface area contributed by atoms with Gasteiger partial charge in [-0.05, 0) is 24.3 Å².